The molecule has 0 atom stereocenters. The van der Waals surface area contributed by atoms with Crippen molar-refractivity contribution >= 4 is 31.2 Å². The summed E-state index contributed by atoms with van der Waals surface area (Å²) in [6.07, 6.45) is 0.466. The van der Waals surface area contributed by atoms with Crippen molar-refractivity contribution < 1.29 is 9.90 Å². The Morgan fingerprint density at radius 2 is 2.18 bits per heavy atom. The summed E-state index contributed by atoms with van der Waals surface area (Å²) in [5, 5.41) is 9.14. The summed E-state index contributed by atoms with van der Waals surface area (Å²) in [6, 6.07) is 2.76. The molecular weight excluding hydrogens is 162 g/mol. The average molecular weight is 166 g/mol. The molecule has 0 unspecified atom stereocenters. The molecule has 2 radical (unpaired) electrons. The van der Waals surface area contributed by atoms with E-state index in [1.165, 1.54) is 12.1 Å². The largest absolute Gasteiger partial charge is 0.507 e. The minimum Gasteiger partial charge on any atom is -0.507 e. The molecule has 0 fully saturated rings. The van der Waals surface area contributed by atoms with E-state index >= 15 is 0 Å². The molecule has 0 aliphatic rings. The quantitative estimate of drug-likeness (QED) is 0.491. The van der Waals surface area contributed by atoms with Gasteiger partial charge in [-0.2, -0.15) is 0 Å². The summed E-state index contributed by atoms with van der Waals surface area (Å²) in [7, 11) is 5.36. The lowest BCUT2D eigenvalue weighted by atomic mass is 9.94. The summed E-state index contributed by atoms with van der Waals surface area (Å²) in [6.45, 7) is 0. The van der Waals surface area contributed by atoms with Crippen molar-refractivity contribution in [2.75, 3.05) is 0 Å². The standard InChI is InChI=1S/C7H4BClO2/c8-5-1-2-6(11)4(3-10)7(5)9/h1-3,11H. The first-order chi connectivity index (χ1) is 5.16. The fourth-order valence-electron chi connectivity index (χ4n) is 0.712. The van der Waals surface area contributed by atoms with Crippen LogP contribution < -0.4 is 5.46 Å². The molecule has 1 aromatic rings. The molecule has 1 aromatic carbocycles. The number of carbonyl (C=O) groups excluding carboxylic acids is 1. The van der Waals surface area contributed by atoms with Gasteiger partial charge in [-0.25, -0.2) is 0 Å². The Bertz CT molecular complexity index is 299. The lowest BCUT2D eigenvalue weighted by Gasteiger charge is -2.02. The van der Waals surface area contributed by atoms with Crippen LogP contribution in [0.15, 0.2) is 12.1 Å². The van der Waals surface area contributed by atoms with Crippen molar-refractivity contribution in [1.29, 1.82) is 0 Å². The van der Waals surface area contributed by atoms with Crippen LogP contribution in [0.3, 0.4) is 0 Å². The first-order valence-electron chi connectivity index (χ1n) is 2.89. The molecule has 0 heterocycles. The van der Waals surface area contributed by atoms with E-state index < -0.39 is 0 Å². The first-order valence-corrected chi connectivity index (χ1v) is 3.26. The number of hydrogen-bond acceptors (Lipinski definition) is 2. The van der Waals surface area contributed by atoms with Crippen LogP contribution in [-0.2, 0) is 0 Å². The molecule has 0 saturated heterocycles. The van der Waals surface area contributed by atoms with Crippen LogP contribution in [0.25, 0.3) is 0 Å². The molecular formula is C7H4BClO2. The Labute approximate surface area is 70.2 Å². The van der Waals surface area contributed by atoms with Gasteiger partial charge in [-0.1, -0.05) is 23.1 Å². The van der Waals surface area contributed by atoms with Gasteiger partial charge >= 0.3 is 0 Å². The Kier molecular flexibility index (Phi) is 2.20. The van der Waals surface area contributed by atoms with Gasteiger partial charge in [0.15, 0.2) is 6.29 Å². The van der Waals surface area contributed by atoms with Crippen LogP contribution in [0.1, 0.15) is 10.4 Å². The van der Waals surface area contributed by atoms with E-state index in [2.05, 4.69) is 0 Å². The second-order valence-electron chi connectivity index (χ2n) is 2.02. The Morgan fingerprint density at radius 3 is 2.64 bits per heavy atom. The Morgan fingerprint density at radius 1 is 1.55 bits per heavy atom. The van der Waals surface area contributed by atoms with E-state index in [4.69, 9.17) is 24.6 Å². The normalized spacial score (nSPS) is 9.55. The highest BCUT2D eigenvalue weighted by atomic mass is 35.5. The van der Waals surface area contributed by atoms with E-state index in [0.717, 1.165) is 0 Å². The van der Waals surface area contributed by atoms with Gasteiger partial charge in [0, 0.05) is 5.02 Å². The van der Waals surface area contributed by atoms with Crippen molar-refractivity contribution in [3.05, 3.63) is 22.7 Å². The average Bonchev–Trinajstić information content (AvgIpc) is 1.99. The summed E-state index contributed by atoms with van der Waals surface area (Å²) in [5.41, 5.74) is 0.318. The van der Waals surface area contributed by atoms with Gasteiger partial charge in [-0.15, -0.1) is 0 Å². The number of phenolic OH excluding ortho intramolecular Hbond substituents is 1. The minimum atomic E-state index is -0.154. The molecule has 54 valence electrons. The van der Waals surface area contributed by atoms with Gasteiger partial charge in [0.1, 0.15) is 13.6 Å². The predicted octanol–water partition coefficient (Wildman–Crippen LogP) is 0.652. The maximum Gasteiger partial charge on any atom is 0.155 e. The minimum absolute atomic E-state index is 0.0340. The fraction of sp³-hybridized carbons (Fsp3) is 0. The van der Waals surface area contributed by atoms with Crippen LogP contribution in [0.2, 0.25) is 5.02 Å². The maximum absolute atomic E-state index is 10.3. The second kappa shape index (κ2) is 2.97. The highest BCUT2D eigenvalue weighted by molar-refractivity contribution is 6.46. The van der Waals surface area contributed by atoms with Gasteiger partial charge < -0.3 is 5.11 Å². The molecule has 1 rings (SSSR count). The lowest BCUT2D eigenvalue weighted by molar-refractivity contribution is 0.112. The Balaban J connectivity index is 3.40. The number of phenols is 1. The number of benzene rings is 1. The zero-order valence-electron chi connectivity index (χ0n) is 5.54. The molecule has 2 nitrogen and oxygen atoms in total. The highest BCUT2D eigenvalue weighted by Gasteiger charge is 2.06. The fourth-order valence-corrected chi connectivity index (χ4v) is 0.916. The SMILES string of the molecule is [B]c1ccc(O)c(C=O)c1Cl. The molecule has 11 heavy (non-hydrogen) atoms. The molecule has 0 spiro atoms. The molecule has 0 bridgehead atoms. The van der Waals surface area contributed by atoms with Gasteiger partial charge in [0.05, 0.1) is 5.56 Å². The smallest absolute Gasteiger partial charge is 0.155 e. The predicted molar refractivity (Wildman–Crippen MR) is 43.9 cm³/mol. The van der Waals surface area contributed by atoms with Crippen molar-refractivity contribution in [3.63, 3.8) is 0 Å². The van der Waals surface area contributed by atoms with Crippen LogP contribution in [0.4, 0.5) is 0 Å². The summed E-state index contributed by atoms with van der Waals surface area (Å²) >= 11 is 5.58. The third-order valence-electron chi connectivity index (χ3n) is 1.30. The monoisotopic (exact) mass is 166 g/mol. The van der Waals surface area contributed by atoms with Crippen LogP contribution in [-0.4, -0.2) is 19.2 Å². The third-order valence-corrected chi connectivity index (χ3v) is 1.73. The molecule has 1 N–H and O–H groups in total. The van der Waals surface area contributed by atoms with Crippen LogP contribution in [0, 0.1) is 0 Å². The van der Waals surface area contributed by atoms with Crippen molar-refractivity contribution in [1.82, 2.24) is 0 Å². The second-order valence-corrected chi connectivity index (χ2v) is 2.40. The van der Waals surface area contributed by atoms with Gasteiger partial charge in [0.2, 0.25) is 0 Å². The highest BCUT2D eigenvalue weighted by Crippen LogP contribution is 2.20. The van der Waals surface area contributed by atoms with E-state index in [1.54, 1.807) is 0 Å². The van der Waals surface area contributed by atoms with Crippen molar-refractivity contribution in [2.45, 2.75) is 0 Å². The number of halogens is 1. The molecule has 0 amide bonds. The van der Waals surface area contributed by atoms with E-state index in [1.807, 2.05) is 0 Å². The lowest BCUT2D eigenvalue weighted by Crippen LogP contribution is -2.05. The van der Waals surface area contributed by atoms with E-state index in [-0.39, 0.29) is 21.8 Å². The summed E-state index contributed by atoms with van der Waals surface area (Å²) < 4.78 is 0. The molecule has 0 aliphatic carbocycles. The number of aromatic hydroxyl groups is 1. The number of rotatable bonds is 1. The first kappa shape index (κ1) is 8.14. The number of hydrogen-bond donors (Lipinski definition) is 1. The topological polar surface area (TPSA) is 37.3 Å². The molecule has 0 saturated carbocycles. The van der Waals surface area contributed by atoms with Crippen LogP contribution >= 0.6 is 11.6 Å². The van der Waals surface area contributed by atoms with E-state index in [9.17, 15) is 4.79 Å². The summed E-state index contributed by atoms with van der Waals surface area (Å²) in [4.78, 5) is 10.3. The van der Waals surface area contributed by atoms with Gasteiger partial charge in [-0.3, -0.25) is 4.79 Å². The van der Waals surface area contributed by atoms with Crippen LogP contribution in [0.5, 0.6) is 5.75 Å². The van der Waals surface area contributed by atoms with Gasteiger partial charge in [0.25, 0.3) is 0 Å². The van der Waals surface area contributed by atoms with Crippen molar-refractivity contribution in [3.8, 4) is 5.75 Å². The van der Waals surface area contributed by atoms with E-state index in [0.29, 0.717) is 6.29 Å². The molecule has 4 heteroatoms. The third kappa shape index (κ3) is 1.38. The summed E-state index contributed by atoms with van der Waals surface area (Å²) in [5.74, 6) is -0.154. The Hall–Kier alpha value is -0.955. The van der Waals surface area contributed by atoms with Crippen molar-refractivity contribution in [2.24, 2.45) is 0 Å². The molecule has 0 aromatic heterocycles. The van der Waals surface area contributed by atoms with Gasteiger partial charge in [-0.05, 0) is 6.07 Å². The number of aldehydes is 1. The maximum atomic E-state index is 10.3. The number of carbonyl (C=O) groups is 1. The zero-order valence-corrected chi connectivity index (χ0v) is 6.30. The zero-order chi connectivity index (χ0) is 8.43. The molecule has 0 aliphatic heterocycles.